The highest BCUT2D eigenvalue weighted by atomic mass is 16.5. The molecule has 4 heteroatoms. The van der Waals surface area contributed by atoms with Crippen LogP contribution in [0.1, 0.15) is 36.9 Å². The SMILES string of the molecule is COc1ccc(C(C)N(C)C(=O)CCCc2c[nH]c3ccccc23)cc1. The quantitative estimate of drug-likeness (QED) is 0.670. The topological polar surface area (TPSA) is 45.3 Å². The molecule has 0 radical (unpaired) electrons. The molecule has 4 nitrogen and oxygen atoms in total. The van der Waals surface area contributed by atoms with E-state index in [1.807, 2.05) is 42.3 Å². The predicted octanol–water partition coefficient (Wildman–Crippen LogP) is 4.72. The van der Waals surface area contributed by atoms with Crippen LogP contribution < -0.4 is 4.74 Å². The normalized spacial score (nSPS) is 12.1. The molecule has 1 amide bonds. The molecule has 1 N–H and O–H groups in total. The van der Waals surface area contributed by atoms with Gasteiger partial charge < -0.3 is 14.6 Å². The summed E-state index contributed by atoms with van der Waals surface area (Å²) >= 11 is 0. The van der Waals surface area contributed by atoms with Gasteiger partial charge in [-0.1, -0.05) is 30.3 Å². The van der Waals surface area contributed by atoms with Gasteiger partial charge in [0.15, 0.2) is 0 Å². The van der Waals surface area contributed by atoms with Crippen molar-refractivity contribution in [3.63, 3.8) is 0 Å². The fraction of sp³-hybridized carbons (Fsp3) is 0.318. The van der Waals surface area contributed by atoms with Crippen molar-refractivity contribution in [1.29, 1.82) is 0 Å². The van der Waals surface area contributed by atoms with Gasteiger partial charge in [-0.2, -0.15) is 0 Å². The van der Waals surface area contributed by atoms with E-state index in [0.29, 0.717) is 6.42 Å². The number of H-pyrrole nitrogens is 1. The molecule has 3 rings (SSSR count). The number of benzene rings is 2. The van der Waals surface area contributed by atoms with Gasteiger partial charge >= 0.3 is 0 Å². The number of aromatic nitrogens is 1. The van der Waals surface area contributed by atoms with E-state index in [1.54, 1.807) is 7.11 Å². The Bertz CT molecular complexity index is 867. The predicted molar refractivity (Wildman–Crippen MR) is 105 cm³/mol. The summed E-state index contributed by atoms with van der Waals surface area (Å²) in [6.07, 6.45) is 4.36. The zero-order valence-electron chi connectivity index (χ0n) is 15.7. The molecule has 1 aromatic heterocycles. The Labute approximate surface area is 154 Å². The molecule has 1 heterocycles. The van der Waals surface area contributed by atoms with Crippen molar-refractivity contribution in [2.75, 3.05) is 14.2 Å². The highest BCUT2D eigenvalue weighted by molar-refractivity contribution is 5.83. The number of nitrogens with zero attached hydrogens (tertiary/aromatic N) is 1. The van der Waals surface area contributed by atoms with Crippen LogP contribution in [0.4, 0.5) is 0 Å². The number of para-hydroxylation sites is 1. The van der Waals surface area contributed by atoms with E-state index < -0.39 is 0 Å². The molecular formula is C22H26N2O2. The number of carbonyl (C=O) groups is 1. The van der Waals surface area contributed by atoms with Crippen LogP contribution in [-0.2, 0) is 11.2 Å². The summed E-state index contributed by atoms with van der Waals surface area (Å²) in [6.45, 7) is 2.05. The van der Waals surface area contributed by atoms with Crippen LogP contribution in [0.15, 0.2) is 54.7 Å². The molecule has 136 valence electrons. The largest absolute Gasteiger partial charge is 0.497 e. The first-order valence-electron chi connectivity index (χ1n) is 9.04. The molecule has 1 atom stereocenters. The molecule has 0 saturated heterocycles. The number of rotatable bonds is 7. The summed E-state index contributed by atoms with van der Waals surface area (Å²) in [5.74, 6) is 1.00. The Hall–Kier alpha value is -2.75. The highest BCUT2D eigenvalue weighted by Crippen LogP contribution is 2.23. The lowest BCUT2D eigenvalue weighted by Crippen LogP contribution is -2.29. The minimum absolute atomic E-state index is 0.0431. The summed E-state index contributed by atoms with van der Waals surface area (Å²) < 4.78 is 5.19. The molecule has 2 aromatic carbocycles. The minimum Gasteiger partial charge on any atom is -0.497 e. The number of hydrogen-bond donors (Lipinski definition) is 1. The molecule has 0 bridgehead atoms. The second-order valence-corrected chi connectivity index (χ2v) is 6.67. The number of nitrogens with one attached hydrogen (secondary N) is 1. The number of hydrogen-bond acceptors (Lipinski definition) is 2. The van der Waals surface area contributed by atoms with Gasteiger partial charge in [0.05, 0.1) is 13.2 Å². The van der Waals surface area contributed by atoms with Gasteiger partial charge in [-0.3, -0.25) is 4.79 Å². The first-order valence-corrected chi connectivity index (χ1v) is 9.04. The Balaban J connectivity index is 1.55. The minimum atomic E-state index is 0.0431. The van der Waals surface area contributed by atoms with Gasteiger partial charge in [0.25, 0.3) is 0 Å². The van der Waals surface area contributed by atoms with Crippen LogP contribution >= 0.6 is 0 Å². The third kappa shape index (κ3) is 3.90. The van der Waals surface area contributed by atoms with Crippen LogP contribution in [0.25, 0.3) is 10.9 Å². The molecule has 0 aliphatic rings. The molecule has 0 spiro atoms. The Morgan fingerprint density at radius 2 is 1.88 bits per heavy atom. The first-order chi connectivity index (χ1) is 12.6. The lowest BCUT2D eigenvalue weighted by Gasteiger charge is -2.25. The summed E-state index contributed by atoms with van der Waals surface area (Å²) in [4.78, 5) is 17.7. The second-order valence-electron chi connectivity index (χ2n) is 6.67. The molecule has 1 unspecified atom stereocenters. The molecule has 26 heavy (non-hydrogen) atoms. The van der Waals surface area contributed by atoms with Crippen molar-refractivity contribution in [3.8, 4) is 5.75 Å². The highest BCUT2D eigenvalue weighted by Gasteiger charge is 2.17. The Morgan fingerprint density at radius 1 is 1.15 bits per heavy atom. The van der Waals surface area contributed by atoms with Crippen molar-refractivity contribution in [1.82, 2.24) is 9.88 Å². The van der Waals surface area contributed by atoms with Crippen LogP contribution in [0.5, 0.6) is 5.75 Å². The molecule has 0 saturated carbocycles. The van der Waals surface area contributed by atoms with Gasteiger partial charge in [0.1, 0.15) is 5.75 Å². The molecule has 0 aliphatic carbocycles. The second kappa shape index (κ2) is 8.09. The Morgan fingerprint density at radius 3 is 2.62 bits per heavy atom. The fourth-order valence-corrected chi connectivity index (χ4v) is 3.27. The van der Waals surface area contributed by atoms with E-state index in [2.05, 4.69) is 36.3 Å². The summed E-state index contributed by atoms with van der Waals surface area (Å²) in [7, 11) is 3.53. The van der Waals surface area contributed by atoms with E-state index in [0.717, 1.165) is 29.7 Å². The first kappa shape index (κ1) is 18.1. The van der Waals surface area contributed by atoms with Gasteiger partial charge in [-0.15, -0.1) is 0 Å². The maximum absolute atomic E-state index is 12.6. The monoisotopic (exact) mass is 350 g/mol. The van der Waals surface area contributed by atoms with E-state index in [9.17, 15) is 4.79 Å². The lowest BCUT2D eigenvalue weighted by atomic mass is 10.0. The molecule has 0 aliphatic heterocycles. The molecule has 0 fully saturated rings. The van der Waals surface area contributed by atoms with Gasteiger partial charge in [-0.25, -0.2) is 0 Å². The lowest BCUT2D eigenvalue weighted by molar-refractivity contribution is -0.131. The van der Waals surface area contributed by atoms with E-state index in [4.69, 9.17) is 4.74 Å². The average Bonchev–Trinajstić information content (AvgIpc) is 3.10. The van der Waals surface area contributed by atoms with Crippen LogP contribution in [0, 0.1) is 0 Å². The fourth-order valence-electron chi connectivity index (χ4n) is 3.27. The zero-order valence-corrected chi connectivity index (χ0v) is 15.7. The van der Waals surface area contributed by atoms with Crippen molar-refractivity contribution < 1.29 is 9.53 Å². The van der Waals surface area contributed by atoms with Crippen molar-refractivity contribution in [3.05, 3.63) is 65.9 Å². The Kier molecular flexibility index (Phi) is 5.61. The van der Waals surface area contributed by atoms with E-state index in [-0.39, 0.29) is 11.9 Å². The maximum atomic E-state index is 12.6. The summed E-state index contributed by atoms with van der Waals surface area (Å²) in [5, 5.41) is 1.25. The summed E-state index contributed by atoms with van der Waals surface area (Å²) in [5.41, 5.74) is 3.54. The number of aryl methyl sites for hydroxylation is 1. The van der Waals surface area contributed by atoms with E-state index >= 15 is 0 Å². The van der Waals surface area contributed by atoms with Crippen molar-refractivity contribution in [2.45, 2.75) is 32.2 Å². The average molecular weight is 350 g/mol. The molecular weight excluding hydrogens is 324 g/mol. The summed E-state index contributed by atoms with van der Waals surface area (Å²) in [6, 6.07) is 16.2. The smallest absolute Gasteiger partial charge is 0.222 e. The number of amides is 1. The van der Waals surface area contributed by atoms with Crippen LogP contribution in [0.3, 0.4) is 0 Å². The number of methoxy groups -OCH3 is 1. The third-order valence-electron chi connectivity index (χ3n) is 5.08. The number of carbonyl (C=O) groups excluding carboxylic acids is 1. The van der Waals surface area contributed by atoms with E-state index in [1.165, 1.54) is 10.9 Å². The standard InChI is InChI=1S/C22H26N2O2/c1-16(17-11-13-19(26-3)14-12-17)24(2)22(25)10-6-7-18-15-23-21-9-5-4-8-20(18)21/h4-5,8-9,11-16,23H,6-7,10H2,1-3H3. The van der Waals surface area contributed by atoms with Gasteiger partial charge in [0, 0.05) is 30.6 Å². The zero-order chi connectivity index (χ0) is 18.5. The van der Waals surface area contributed by atoms with Gasteiger partial charge in [0.2, 0.25) is 5.91 Å². The van der Waals surface area contributed by atoms with Gasteiger partial charge in [-0.05, 0) is 49.1 Å². The van der Waals surface area contributed by atoms with Crippen LogP contribution in [0.2, 0.25) is 0 Å². The van der Waals surface area contributed by atoms with Crippen LogP contribution in [-0.4, -0.2) is 29.9 Å². The third-order valence-corrected chi connectivity index (χ3v) is 5.08. The number of aromatic amines is 1. The number of fused-ring (bicyclic) bond motifs is 1. The van der Waals surface area contributed by atoms with Crippen molar-refractivity contribution >= 4 is 16.8 Å². The molecule has 3 aromatic rings. The number of ether oxygens (including phenoxy) is 1. The van der Waals surface area contributed by atoms with Crippen molar-refractivity contribution in [2.24, 2.45) is 0 Å². The maximum Gasteiger partial charge on any atom is 0.222 e.